The van der Waals surface area contributed by atoms with Gasteiger partial charge in [-0.3, -0.25) is 15.0 Å². The van der Waals surface area contributed by atoms with Crippen molar-refractivity contribution in [2.45, 2.75) is 39.2 Å². The molecule has 1 fully saturated rings. The lowest BCUT2D eigenvalue weighted by atomic mass is 9.89. The number of piperidine rings is 1. The molecule has 4 heterocycles. The molecule has 0 saturated carbocycles. The summed E-state index contributed by atoms with van der Waals surface area (Å²) in [5.41, 5.74) is 5.44. The Hall–Kier alpha value is -2.47. The molecule has 4 rings (SSSR count). The molecule has 3 aromatic rings. The molecule has 0 aliphatic carbocycles. The van der Waals surface area contributed by atoms with Crippen LogP contribution in [-0.4, -0.2) is 38.3 Å². The van der Waals surface area contributed by atoms with Crippen molar-refractivity contribution in [1.29, 1.82) is 0 Å². The Morgan fingerprint density at radius 2 is 2.04 bits per heavy atom. The van der Waals surface area contributed by atoms with Crippen molar-refractivity contribution in [2.75, 3.05) is 13.1 Å². The molecule has 6 nitrogen and oxygen atoms in total. The fraction of sp³-hybridized carbons (Fsp3) is 0.421. The Kier molecular flexibility index (Phi) is 4.36. The van der Waals surface area contributed by atoms with Crippen LogP contribution in [0.4, 0.5) is 0 Å². The first-order valence-electron chi connectivity index (χ1n) is 8.80. The van der Waals surface area contributed by atoms with Crippen molar-refractivity contribution in [3.63, 3.8) is 0 Å². The summed E-state index contributed by atoms with van der Waals surface area (Å²) in [6.45, 7) is 7.07. The fourth-order valence-electron chi connectivity index (χ4n) is 3.72. The lowest BCUT2D eigenvalue weighted by Crippen LogP contribution is -2.32. The molecule has 25 heavy (non-hydrogen) atoms. The van der Waals surface area contributed by atoms with Gasteiger partial charge in [0.2, 0.25) is 0 Å². The van der Waals surface area contributed by atoms with Crippen molar-refractivity contribution in [3.05, 3.63) is 53.3 Å². The maximum atomic E-state index is 5.29. The van der Waals surface area contributed by atoms with Gasteiger partial charge in [0.15, 0.2) is 0 Å². The number of hydrogen-bond donors (Lipinski definition) is 1. The summed E-state index contributed by atoms with van der Waals surface area (Å²) in [6, 6.07) is 6.41. The number of aryl methyl sites for hydroxylation is 2. The first kappa shape index (κ1) is 16.0. The second kappa shape index (κ2) is 6.80. The van der Waals surface area contributed by atoms with Crippen LogP contribution in [0, 0.1) is 13.8 Å². The molecule has 6 heteroatoms. The Labute approximate surface area is 147 Å². The summed E-state index contributed by atoms with van der Waals surface area (Å²) in [7, 11) is 0. The number of nitrogens with one attached hydrogen (secondary N) is 1. The quantitative estimate of drug-likeness (QED) is 0.789. The highest BCUT2D eigenvalue weighted by Crippen LogP contribution is 2.32. The molecule has 1 aliphatic rings. The second-order valence-electron chi connectivity index (χ2n) is 6.81. The molecule has 1 saturated heterocycles. The highest BCUT2D eigenvalue weighted by molar-refractivity contribution is 5.64. The van der Waals surface area contributed by atoms with Gasteiger partial charge in [0.05, 0.1) is 17.0 Å². The van der Waals surface area contributed by atoms with Crippen molar-refractivity contribution >= 4 is 0 Å². The monoisotopic (exact) mass is 337 g/mol. The minimum atomic E-state index is 0.584. The van der Waals surface area contributed by atoms with Gasteiger partial charge < -0.3 is 4.52 Å². The number of aromatic nitrogens is 4. The zero-order valence-corrected chi connectivity index (χ0v) is 14.7. The Morgan fingerprint density at radius 1 is 1.20 bits per heavy atom. The molecule has 3 aromatic heterocycles. The van der Waals surface area contributed by atoms with Gasteiger partial charge in [-0.1, -0.05) is 5.16 Å². The maximum Gasteiger partial charge on any atom is 0.143 e. The van der Waals surface area contributed by atoms with E-state index in [-0.39, 0.29) is 0 Å². The van der Waals surface area contributed by atoms with Crippen molar-refractivity contribution < 1.29 is 4.52 Å². The minimum Gasteiger partial charge on any atom is -0.361 e. The third-order valence-electron chi connectivity index (χ3n) is 5.08. The summed E-state index contributed by atoms with van der Waals surface area (Å²) in [5, 5.41) is 11.1. The predicted octanol–water partition coefficient (Wildman–Crippen LogP) is 3.46. The van der Waals surface area contributed by atoms with Gasteiger partial charge in [-0.2, -0.15) is 5.10 Å². The molecular weight excluding hydrogens is 314 g/mol. The Bertz CT molecular complexity index is 812. The van der Waals surface area contributed by atoms with Gasteiger partial charge in [-0.25, -0.2) is 0 Å². The summed E-state index contributed by atoms with van der Waals surface area (Å²) in [4.78, 5) is 7.03. The predicted molar refractivity (Wildman–Crippen MR) is 95.0 cm³/mol. The van der Waals surface area contributed by atoms with Crippen molar-refractivity contribution in [3.8, 4) is 11.3 Å². The van der Waals surface area contributed by atoms with E-state index in [0.717, 1.165) is 42.3 Å². The van der Waals surface area contributed by atoms with E-state index in [0.29, 0.717) is 5.92 Å². The van der Waals surface area contributed by atoms with Gasteiger partial charge in [0.1, 0.15) is 5.76 Å². The smallest absolute Gasteiger partial charge is 0.143 e. The van der Waals surface area contributed by atoms with E-state index < -0.39 is 0 Å². The fourth-order valence-corrected chi connectivity index (χ4v) is 3.72. The largest absolute Gasteiger partial charge is 0.361 e. The number of pyridine rings is 1. The standard InChI is InChI=1S/C19H23N5O/c1-13-19(14(2)25-23-13)18-11-16(3-7-20-18)15-5-9-24(10-6-15)12-17-4-8-21-22-17/h3-4,7-8,11,15H,5-6,9-10,12H2,1-2H3,(H,21,22). The van der Waals surface area contributed by atoms with Crippen LogP contribution in [0.25, 0.3) is 11.3 Å². The zero-order chi connectivity index (χ0) is 17.2. The van der Waals surface area contributed by atoms with E-state index >= 15 is 0 Å². The van der Waals surface area contributed by atoms with Crippen LogP contribution >= 0.6 is 0 Å². The molecule has 1 N–H and O–H groups in total. The summed E-state index contributed by atoms with van der Waals surface area (Å²) in [6.07, 6.45) is 6.06. The molecule has 0 radical (unpaired) electrons. The van der Waals surface area contributed by atoms with Crippen LogP contribution in [0.15, 0.2) is 35.1 Å². The SMILES string of the molecule is Cc1noc(C)c1-c1cc(C2CCN(Cc3ccn[nH]3)CC2)ccn1. The summed E-state index contributed by atoms with van der Waals surface area (Å²) >= 11 is 0. The lowest BCUT2D eigenvalue weighted by Gasteiger charge is -2.31. The molecule has 0 bridgehead atoms. The van der Waals surface area contributed by atoms with Crippen molar-refractivity contribution in [2.24, 2.45) is 0 Å². The van der Waals surface area contributed by atoms with Gasteiger partial charge in [-0.15, -0.1) is 0 Å². The van der Waals surface area contributed by atoms with Crippen LogP contribution in [0.1, 0.15) is 41.5 Å². The van der Waals surface area contributed by atoms with Crippen LogP contribution < -0.4 is 0 Å². The third kappa shape index (κ3) is 3.35. The van der Waals surface area contributed by atoms with Gasteiger partial charge in [0, 0.05) is 24.6 Å². The number of rotatable bonds is 4. The van der Waals surface area contributed by atoms with E-state index in [1.165, 1.54) is 24.1 Å². The second-order valence-corrected chi connectivity index (χ2v) is 6.81. The number of aromatic amines is 1. The van der Waals surface area contributed by atoms with E-state index in [1.54, 1.807) is 0 Å². The molecule has 0 atom stereocenters. The average molecular weight is 337 g/mol. The summed E-state index contributed by atoms with van der Waals surface area (Å²) < 4.78 is 5.29. The normalized spacial score (nSPS) is 16.4. The zero-order valence-electron chi connectivity index (χ0n) is 14.7. The number of nitrogens with zero attached hydrogens (tertiary/aromatic N) is 4. The Morgan fingerprint density at radius 3 is 2.72 bits per heavy atom. The van der Waals surface area contributed by atoms with Crippen LogP contribution in [0.2, 0.25) is 0 Å². The van der Waals surface area contributed by atoms with E-state index in [9.17, 15) is 0 Å². The van der Waals surface area contributed by atoms with Crippen molar-refractivity contribution in [1.82, 2.24) is 25.2 Å². The van der Waals surface area contributed by atoms with Gasteiger partial charge >= 0.3 is 0 Å². The molecule has 0 aromatic carbocycles. The molecule has 0 spiro atoms. The highest BCUT2D eigenvalue weighted by atomic mass is 16.5. The molecule has 130 valence electrons. The highest BCUT2D eigenvalue weighted by Gasteiger charge is 2.22. The average Bonchev–Trinajstić information content (AvgIpc) is 3.25. The van der Waals surface area contributed by atoms with Gasteiger partial charge in [0.25, 0.3) is 0 Å². The molecule has 0 unspecified atom stereocenters. The van der Waals surface area contributed by atoms with Crippen LogP contribution in [-0.2, 0) is 6.54 Å². The molecule has 1 aliphatic heterocycles. The van der Waals surface area contributed by atoms with E-state index in [2.05, 4.69) is 37.4 Å². The first-order chi connectivity index (χ1) is 12.2. The number of H-pyrrole nitrogens is 1. The lowest BCUT2D eigenvalue weighted by molar-refractivity contribution is 0.202. The molecule has 0 amide bonds. The topological polar surface area (TPSA) is 70.8 Å². The number of hydrogen-bond acceptors (Lipinski definition) is 5. The molecular formula is C19H23N5O. The van der Waals surface area contributed by atoms with Crippen LogP contribution in [0.3, 0.4) is 0 Å². The third-order valence-corrected chi connectivity index (χ3v) is 5.08. The number of likely N-dealkylation sites (tertiary alicyclic amines) is 1. The maximum absolute atomic E-state index is 5.29. The van der Waals surface area contributed by atoms with Crippen LogP contribution in [0.5, 0.6) is 0 Å². The van der Waals surface area contributed by atoms with E-state index in [4.69, 9.17) is 4.52 Å². The Balaban J connectivity index is 1.46. The van der Waals surface area contributed by atoms with E-state index in [1.807, 2.05) is 32.3 Å². The van der Waals surface area contributed by atoms with Gasteiger partial charge in [-0.05, 0) is 69.5 Å². The first-order valence-corrected chi connectivity index (χ1v) is 8.80. The minimum absolute atomic E-state index is 0.584. The summed E-state index contributed by atoms with van der Waals surface area (Å²) in [5.74, 6) is 1.41.